The van der Waals surface area contributed by atoms with Gasteiger partial charge in [0.1, 0.15) is 17.3 Å². The Hall–Kier alpha value is -2.32. The highest BCUT2D eigenvalue weighted by Gasteiger charge is 2.36. The Morgan fingerprint density at radius 1 is 1.06 bits per heavy atom. The van der Waals surface area contributed by atoms with Crippen molar-refractivity contribution in [2.75, 3.05) is 13.2 Å². The van der Waals surface area contributed by atoms with E-state index in [0.29, 0.717) is 36.6 Å². The maximum absolute atomic E-state index is 11.5. The normalized spacial score (nSPS) is 12.9. The minimum atomic E-state index is -1.19. The van der Waals surface area contributed by atoms with Gasteiger partial charge in [0.25, 0.3) is 0 Å². The van der Waals surface area contributed by atoms with Crippen LogP contribution in [0.5, 0.6) is 11.5 Å². The number of unbranched alkanes of at least 4 members (excludes halogenated alkanes) is 2. The predicted molar refractivity (Wildman–Crippen MR) is 143 cm³/mol. The molecule has 0 radical (unpaired) electrons. The Kier molecular flexibility index (Phi) is 12.0. The summed E-state index contributed by atoms with van der Waals surface area (Å²) < 4.78 is 18.0. The summed E-state index contributed by atoms with van der Waals surface area (Å²) in [6.45, 7) is 15.9. The molecule has 0 aliphatic rings. The average Bonchev–Trinajstić information content (AvgIpc) is 2.78. The van der Waals surface area contributed by atoms with Crippen molar-refractivity contribution in [1.29, 1.82) is 5.41 Å². The van der Waals surface area contributed by atoms with Crippen molar-refractivity contribution in [1.82, 2.24) is 0 Å². The van der Waals surface area contributed by atoms with Gasteiger partial charge in [-0.3, -0.25) is 10.2 Å². The Morgan fingerprint density at radius 2 is 1.60 bits per heavy atom. The fourth-order valence-corrected chi connectivity index (χ4v) is 3.05. The first-order chi connectivity index (χ1) is 16.3. The van der Waals surface area contributed by atoms with Crippen LogP contribution >= 0.6 is 0 Å². The molecule has 0 atom stereocenters. The third-order valence-electron chi connectivity index (χ3n) is 6.28. The second-order valence-electron chi connectivity index (χ2n) is 10.2. The number of benzene rings is 1. The van der Waals surface area contributed by atoms with Crippen LogP contribution in [-0.2, 0) is 9.45 Å². The van der Waals surface area contributed by atoms with E-state index in [1.165, 1.54) is 0 Å². The summed E-state index contributed by atoms with van der Waals surface area (Å²) in [7, 11) is -0.236. The van der Waals surface area contributed by atoms with E-state index in [0.717, 1.165) is 31.2 Å². The fraction of sp³-hybridized carbons (Fsp3) is 0.630. The van der Waals surface area contributed by atoms with Crippen molar-refractivity contribution in [3.05, 3.63) is 28.7 Å². The van der Waals surface area contributed by atoms with Crippen LogP contribution in [0.1, 0.15) is 98.1 Å². The van der Waals surface area contributed by atoms with E-state index < -0.39 is 16.9 Å². The van der Waals surface area contributed by atoms with Crippen molar-refractivity contribution in [3.8, 4) is 11.5 Å². The number of carbonyl (C=O) groups excluding carboxylic acids is 1. The van der Waals surface area contributed by atoms with Gasteiger partial charge in [0, 0.05) is 11.5 Å². The molecule has 7 nitrogen and oxygen atoms in total. The number of carbonyl (C=O) groups is 1. The van der Waals surface area contributed by atoms with Gasteiger partial charge in [0.05, 0.1) is 35.7 Å². The first kappa shape index (κ1) is 30.7. The molecule has 1 rings (SSSR count). The molecule has 0 aromatic heterocycles. The highest BCUT2D eigenvalue weighted by atomic mass is 16.5. The number of rotatable bonds is 16. The minimum Gasteiger partial charge on any atom is -0.508 e. The third kappa shape index (κ3) is 8.69. The van der Waals surface area contributed by atoms with Crippen molar-refractivity contribution in [2.45, 2.75) is 98.2 Å². The van der Waals surface area contributed by atoms with Gasteiger partial charge in [-0.1, -0.05) is 40.5 Å². The van der Waals surface area contributed by atoms with Crippen LogP contribution < -0.4 is 9.47 Å². The smallest absolute Gasteiger partial charge is 0.315 e. The van der Waals surface area contributed by atoms with E-state index >= 15 is 0 Å². The van der Waals surface area contributed by atoms with Crippen LogP contribution in [0.25, 0.3) is 5.76 Å². The standard InChI is InChI=1S/C27H44BNO6/c1-9-11-13-33-22-16-23(34-14-12-10-2)20(15-19(22)18(3)4)25(31)24(21(29)17-30)28-35-27(7,8)26(5,6)32/h15-18,28-29,31-32H,9-14H2,1-8H3/b25-24+,29-21?. The van der Waals surface area contributed by atoms with Crippen LogP contribution in [0.15, 0.2) is 17.6 Å². The zero-order chi connectivity index (χ0) is 26.8. The molecule has 0 bridgehead atoms. The van der Waals surface area contributed by atoms with E-state index in [1.54, 1.807) is 33.8 Å². The van der Waals surface area contributed by atoms with Crippen molar-refractivity contribution >= 4 is 25.2 Å². The highest BCUT2D eigenvalue weighted by Crippen LogP contribution is 2.38. The minimum absolute atomic E-state index is 0.0204. The lowest BCUT2D eigenvalue weighted by atomic mass is 9.78. The quantitative estimate of drug-likeness (QED) is 0.0926. The second kappa shape index (κ2) is 13.7. The Labute approximate surface area is 211 Å². The van der Waals surface area contributed by atoms with E-state index in [4.69, 9.17) is 19.5 Å². The molecule has 35 heavy (non-hydrogen) atoms. The molecule has 196 valence electrons. The number of ether oxygens (including phenoxy) is 2. The molecule has 0 unspecified atom stereocenters. The number of aliphatic hydroxyl groups excluding tert-OH is 1. The van der Waals surface area contributed by atoms with Crippen molar-refractivity contribution < 1.29 is 29.1 Å². The lowest BCUT2D eigenvalue weighted by molar-refractivity contribution is -0.102. The Bertz CT molecular complexity index is 886. The average molecular weight is 489 g/mol. The van der Waals surface area contributed by atoms with Gasteiger partial charge in [0.2, 0.25) is 0 Å². The molecule has 0 amide bonds. The number of aliphatic hydroxyl groups is 2. The summed E-state index contributed by atoms with van der Waals surface area (Å²) in [6.07, 6.45) is 4.08. The van der Waals surface area contributed by atoms with Crippen LogP contribution in [0.4, 0.5) is 0 Å². The van der Waals surface area contributed by atoms with Crippen LogP contribution in [0.2, 0.25) is 0 Å². The van der Waals surface area contributed by atoms with Gasteiger partial charge in [-0.25, -0.2) is 0 Å². The monoisotopic (exact) mass is 489 g/mol. The molecule has 1 aromatic carbocycles. The van der Waals surface area contributed by atoms with Gasteiger partial charge in [0.15, 0.2) is 6.29 Å². The van der Waals surface area contributed by atoms with Gasteiger partial charge in [-0.15, -0.1) is 0 Å². The maximum atomic E-state index is 11.5. The van der Waals surface area contributed by atoms with Crippen LogP contribution in [0, 0.1) is 5.41 Å². The Balaban J connectivity index is 3.64. The lowest BCUT2D eigenvalue weighted by Crippen LogP contribution is -2.48. The third-order valence-corrected chi connectivity index (χ3v) is 6.28. The van der Waals surface area contributed by atoms with E-state index in [1.807, 2.05) is 19.9 Å². The summed E-state index contributed by atoms with van der Waals surface area (Å²) in [6, 6.07) is 3.59. The Morgan fingerprint density at radius 3 is 2.06 bits per heavy atom. The SMILES string of the molecule is CCCCOc1cc(OCCCC)c(C(C)C)cc1/C(O)=C(\BOC(C)(C)C(C)(C)O)C(=N)C=O. The fourth-order valence-electron chi connectivity index (χ4n) is 3.05. The maximum Gasteiger partial charge on any atom is 0.315 e. The highest BCUT2D eigenvalue weighted by molar-refractivity contribution is 6.59. The lowest BCUT2D eigenvalue weighted by Gasteiger charge is -2.37. The second-order valence-corrected chi connectivity index (χ2v) is 10.2. The largest absolute Gasteiger partial charge is 0.508 e. The molecule has 0 saturated heterocycles. The van der Waals surface area contributed by atoms with E-state index in [2.05, 4.69) is 13.8 Å². The van der Waals surface area contributed by atoms with Crippen molar-refractivity contribution in [3.63, 3.8) is 0 Å². The van der Waals surface area contributed by atoms with E-state index in [-0.39, 0.29) is 24.6 Å². The molecule has 0 spiro atoms. The summed E-state index contributed by atoms with van der Waals surface area (Å²) >= 11 is 0. The van der Waals surface area contributed by atoms with Crippen LogP contribution in [-0.4, -0.2) is 54.1 Å². The molecule has 0 aliphatic carbocycles. The van der Waals surface area contributed by atoms with Crippen LogP contribution in [0.3, 0.4) is 0 Å². The summed E-state index contributed by atoms with van der Waals surface area (Å²) in [5.41, 5.74) is -1.30. The molecular formula is C27H44BNO6. The summed E-state index contributed by atoms with van der Waals surface area (Å²) in [4.78, 5) is 11.5. The molecule has 3 N–H and O–H groups in total. The molecule has 8 heteroatoms. The van der Waals surface area contributed by atoms with Gasteiger partial charge in [-0.2, -0.15) is 0 Å². The predicted octanol–water partition coefficient (Wildman–Crippen LogP) is 5.53. The molecule has 0 heterocycles. The van der Waals surface area contributed by atoms with E-state index in [9.17, 15) is 15.0 Å². The molecule has 0 fully saturated rings. The number of hydrogen-bond acceptors (Lipinski definition) is 7. The molecule has 0 saturated carbocycles. The molecule has 1 aromatic rings. The molecule has 0 aliphatic heterocycles. The topological polar surface area (TPSA) is 109 Å². The number of hydrogen-bond donors (Lipinski definition) is 3. The van der Waals surface area contributed by atoms with Gasteiger partial charge in [-0.05, 0) is 58.1 Å². The number of aldehydes is 1. The molecular weight excluding hydrogens is 445 g/mol. The zero-order valence-electron chi connectivity index (χ0n) is 22.8. The van der Waals surface area contributed by atoms with Gasteiger partial charge < -0.3 is 24.3 Å². The number of allylic oxidation sites excluding steroid dienone is 1. The first-order valence-electron chi connectivity index (χ1n) is 12.6. The summed E-state index contributed by atoms with van der Waals surface area (Å²) in [5.74, 6) is 0.956. The zero-order valence-corrected chi connectivity index (χ0v) is 22.8. The first-order valence-corrected chi connectivity index (χ1v) is 12.6. The summed E-state index contributed by atoms with van der Waals surface area (Å²) in [5, 5.41) is 30.0. The van der Waals surface area contributed by atoms with Crippen molar-refractivity contribution in [2.24, 2.45) is 0 Å². The number of nitrogens with one attached hydrogen (secondary N) is 1. The van der Waals surface area contributed by atoms with Gasteiger partial charge >= 0.3 is 7.48 Å².